The molecule has 0 aromatic heterocycles. The van der Waals surface area contributed by atoms with E-state index < -0.39 is 33.6 Å². The molecular formula is C24H23N3O8. The number of carbonyl (C=O) groups is 2. The smallest absolute Gasteiger partial charge is 0.336 e. The topological polar surface area (TPSA) is 151 Å². The van der Waals surface area contributed by atoms with Crippen LogP contribution in [0.3, 0.4) is 0 Å². The van der Waals surface area contributed by atoms with Gasteiger partial charge in [-0.15, -0.1) is 0 Å². The Balaban J connectivity index is 1.99. The third-order valence-corrected chi connectivity index (χ3v) is 5.55. The van der Waals surface area contributed by atoms with Gasteiger partial charge in [0.05, 0.1) is 22.0 Å². The number of nitrogens with zero attached hydrogens (tertiary/aromatic N) is 3. The van der Waals surface area contributed by atoms with Crippen molar-refractivity contribution in [3.8, 4) is 0 Å². The molecule has 1 aliphatic heterocycles. The number of nitro groups is 2. The van der Waals surface area contributed by atoms with E-state index in [1.807, 2.05) is 0 Å². The van der Waals surface area contributed by atoms with Crippen LogP contribution in [0, 0.1) is 26.1 Å². The molecule has 0 amide bonds. The molecule has 11 nitrogen and oxygen atoms in total. The van der Waals surface area contributed by atoms with Crippen molar-refractivity contribution >= 4 is 29.0 Å². The average molecular weight is 481 g/mol. The summed E-state index contributed by atoms with van der Waals surface area (Å²) >= 11 is 0. The molecule has 11 heteroatoms. The van der Waals surface area contributed by atoms with E-state index in [1.165, 1.54) is 42.5 Å². The zero-order chi connectivity index (χ0) is 25.7. The first-order valence-electron chi connectivity index (χ1n) is 10.7. The van der Waals surface area contributed by atoms with Gasteiger partial charge in [-0.2, -0.15) is 0 Å². The predicted octanol–water partition coefficient (Wildman–Crippen LogP) is 4.26. The Kier molecular flexibility index (Phi) is 7.69. The normalized spacial score (nSPS) is 17.4. The Hall–Kier alpha value is -4.41. The number of benzene rings is 2. The van der Waals surface area contributed by atoms with Crippen LogP contribution in [0.4, 0.5) is 11.4 Å². The van der Waals surface area contributed by atoms with Gasteiger partial charge in [0.25, 0.3) is 11.4 Å². The summed E-state index contributed by atoms with van der Waals surface area (Å²) in [4.78, 5) is 51.6. The zero-order valence-electron chi connectivity index (χ0n) is 19.3. The minimum absolute atomic E-state index is 0.0797. The average Bonchev–Trinajstić information content (AvgIpc) is 2.82. The van der Waals surface area contributed by atoms with Crippen LogP contribution in [0.2, 0.25) is 0 Å². The molecule has 0 fully saturated rings. The van der Waals surface area contributed by atoms with Crippen molar-refractivity contribution in [1.82, 2.24) is 0 Å². The molecule has 0 radical (unpaired) electrons. The highest BCUT2D eigenvalue weighted by Crippen LogP contribution is 2.41. The van der Waals surface area contributed by atoms with E-state index in [9.17, 15) is 29.8 Å². The van der Waals surface area contributed by atoms with E-state index in [0.29, 0.717) is 22.5 Å². The number of non-ortho nitro benzene ring substituents is 2. The van der Waals surface area contributed by atoms with Crippen molar-refractivity contribution in [3.05, 3.63) is 91.2 Å². The number of ether oxygens (including phenoxy) is 2. The molecule has 2 atom stereocenters. The highest BCUT2D eigenvalue weighted by atomic mass is 16.6. The second-order valence-electron chi connectivity index (χ2n) is 7.81. The molecule has 2 aromatic carbocycles. The highest BCUT2D eigenvalue weighted by molar-refractivity contribution is 6.07. The van der Waals surface area contributed by atoms with E-state index in [4.69, 9.17) is 9.47 Å². The minimum atomic E-state index is -0.984. The van der Waals surface area contributed by atoms with Crippen LogP contribution in [0.15, 0.2) is 64.8 Å². The first-order valence-corrected chi connectivity index (χ1v) is 10.7. The first-order chi connectivity index (χ1) is 16.6. The Bertz CT molecular complexity index is 1230. The van der Waals surface area contributed by atoms with Crippen molar-refractivity contribution in [2.45, 2.75) is 33.3 Å². The third-order valence-electron chi connectivity index (χ3n) is 5.55. The fourth-order valence-corrected chi connectivity index (χ4v) is 3.97. The van der Waals surface area contributed by atoms with Crippen molar-refractivity contribution < 1.29 is 28.9 Å². The van der Waals surface area contributed by atoms with Gasteiger partial charge >= 0.3 is 11.9 Å². The van der Waals surface area contributed by atoms with Gasteiger partial charge in [-0.25, -0.2) is 4.79 Å². The van der Waals surface area contributed by atoms with Crippen LogP contribution >= 0.6 is 0 Å². The monoisotopic (exact) mass is 481 g/mol. The van der Waals surface area contributed by atoms with Crippen molar-refractivity contribution in [2.24, 2.45) is 10.9 Å². The van der Waals surface area contributed by atoms with Gasteiger partial charge < -0.3 is 9.47 Å². The van der Waals surface area contributed by atoms with Crippen molar-refractivity contribution in [3.63, 3.8) is 0 Å². The van der Waals surface area contributed by atoms with Gasteiger partial charge in [0.15, 0.2) is 0 Å². The Morgan fingerprint density at radius 2 is 1.63 bits per heavy atom. The largest absolute Gasteiger partial charge is 0.465 e. The number of esters is 2. The van der Waals surface area contributed by atoms with E-state index >= 15 is 0 Å². The summed E-state index contributed by atoms with van der Waals surface area (Å²) in [6.45, 7) is 4.80. The zero-order valence-corrected chi connectivity index (χ0v) is 19.3. The minimum Gasteiger partial charge on any atom is -0.465 e. The fraction of sp³-hybridized carbons (Fsp3) is 0.292. The van der Waals surface area contributed by atoms with Crippen LogP contribution in [-0.2, 0) is 25.7 Å². The van der Waals surface area contributed by atoms with E-state index in [-0.39, 0.29) is 30.2 Å². The van der Waals surface area contributed by atoms with Crippen LogP contribution in [0.1, 0.15) is 37.8 Å². The summed E-state index contributed by atoms with van der Waals surface area (Å²) in [6, 6.07) is 11.2. The van der Waals surface area contributed by atoms with Crippen LogP contribution in [0.5, 0.6) is 0 Å². The Labute approximate surface area is 200 Å². The summed E-state index contributed by atoms with van der Waals surface area (Å²) in [6.07, 6.45) is 0. The van der Waals surface area contributed by atoms with Crippen LogP contribution < -0.4 is 0 Å². The Morgan fingerprint density at radius 1 is 0.971 bits per heavy atom. The molecule has 1 heterocycles. The summed E-state index contributed by atoms with van der Waals surface area (Å²) in [5, 5.41) is 22.2. The van der Waals surface area contributed by atoms with Crippen molar-refractivity contribution in [2.75, 3.05) is 6.61 Å². The van der Waals surface area contributed by atoms with Gasteiger partial charge in [-0.05, 0) is 44.0 Å². The number of aliphatic imine (C=N–C) groups is 1. The lowest BCUT2D eigenvalue weighted by Gasteiger charge is -2.31. The molecule has 0 N–H and O–H groups in total. The molecule has 0 saturated carbocycles. The lowest BCUT2D eigenvalue weighted by molar-refractivity contribution is -0.385. The van der Waals surface area contributed by atoms with Gasteiger partial charge in [0.1, 0.15) is 12.5 Å². The van der Waals surface area contributed by atoms with Crippen LogP contribution in [-0.4, -0.2) is 34.1 Å². The summed E-state index contributed by atoms with van der Waals surface area (Å²) in [5.41, 5.74) is 1.40. The molecule has 1 aliphatic rings. The molecule has 2 aromatic rings. The third kappa shape index (κ3) is 5.57. The molecule has 0 saturated heterocycles. The standard InChI is InChI=1S/C24H23N3O8/c1-4-34-23(28)20-14(2)25-15(3)21(22(20)17-6-5-7-19(12-17)27(32)33)24(29)35-13-16-8-10-18(11-9-16)26(30)31/h5-12,20,22H,4,13H2,1-3H3. The summed E-state index contributed by atoms with van der Waals surface area (Å²) < 4.78 is 10.7. The molecule has 0 aliphatic carbocycles. The second-order valence-corrected chi connectivity index (χ2v) is 7.81. The maximum atomic E-state index is 13.2. The van der Waals surface area contributed by atoms with E-state index in [2.05, 4.69) is 4.99 Å². The lowest BCUT2D eigenvalue weighted by Crippen LogP contribution is -2.36. The number of nitro benzene ring substituents is 2. The van der Waals surface area contributed by atoms with Gasteiger partial charge in [-0.3, -0.25) is 30.0 Å². The molecule has 0 bridgehead atoms. The van der Waals surface area contributed by atoms with E-state index in [1.54, 1.807) is 26.8 Å². The Morgan fingerprint density at radius 3 is 2.23 bits per heavy atom. The van der Waals surface area contributed by atoms with Gasteiger partial charge in [0.2, 0.25) is 0 Å². The molecule has 35 heavy (non-hydrogen) atoms. The fourth-order valence-electron chi connectivity index (χ4n) is 3.97. The molecule has 2 unspecified atom stereocenters. The molecular weight excluding hydrogens is 458 g/mol. The van der Waals surface area contributed by atoms with Gasteiger partial charge in [0, 0.05) is 41.6 Å². The maximum absolute atomic E-state index is 13.2. The quantitative estimate of drug-likeness (QED) is 0.308. The predicted molar refractivity (Wildman–Crippen MR) is 125 cm³/mol. The summed E-state index contributed by atoms with van der Waals surface area (Å²) in [7, 11) is 0. The summed E-state index contributed by atoms with van der Waals surface area (Å²) in [5.74, 6) is -3.28. The molecule has 182 valence electrons. The second kappa shape index (κ2) is 10.7. The maximum Gasteiger partial charge on any atom is 0.336 e. The number of hydrogen-bond acceptors (Lipinski definition) is 9. The van der Waals surface area contributed by atoms with Crippen LogP contribution in [0.25, 0.3) is 0 Å². The molecule has 0 spiro atoms. The lowest BCUT2D eigenvalue weighted by atomic mass is 9.75. The number of hydrogen-bond donors (Lipinski definition) is 0. The molecule has 3 rings (SSSR count). The first kappa shape index (κ1) is 25.2. The van der Waals surface area contributed by atoms with Gasteiger partial charge in [-0.1, -0.05) is 12.1 Å². The van der Waals surface area contributed by atoms with Crippen molar-refractivity contribution in [1.29, 1.82) is 0 Å². The highest BCUT2D eigenvalue weighted by Gasteiger charge is 2.42. The number of carbonyl (C=O) groups excluding carboxylic acids is 2. The number of allylic oxidation sites excluding steroid dienone is 1. The number of rotatable bonds is 8. The van der Waals surface area contributed by atoms with E-state index in [0.717, 1.165) is 0 Å². The SMILES string of the molecule is CCOC(=O)C1C(C)=NC(C)=C(C(=O)OCc2ccc([N+](=O)[O-])cc2)C1c1cccc([N+](=O)[O-])c1.